The van der Waals surface area contributed by atoms with E-state index in [0.29, 0.717) is 29.8 Å². The summed E-state index contributed by atoms with van der Waals surface area (Å²) in [6, 6.07) is 4.99. The maximum atomic E-state index is 14.3. The number of aromatic hydroxyl groups is 2. The Labute approximate surface area is 192 Å². The number of aliphatic hydroxyl groups excluding tert-OH is 1. The van der Waals surface area contributed by atoms with E-state index in [2.05, 4.69) is 9.80 Å². The van der Waals surface area contributed by atoms with Crippen LogP contribution in [0, 0.1) is 5.82 Å². The quantitative estimate of drug-likeness (QED) is 0.584. The number of aromatic nitrogens is 1. The van der Waals surface area contributed by atoms with Gasteiger partial charge in [0.25, 0.3) is 0 Å². The summed E-state index contributed by atoms with van der Waals surface area (Å²) in [6.07, 6.45) is -2.09. The third-order valence-corrected chi connectivity index (χ3v) is 6.51. The maximum Gasteiger partial charge on any atom is 0.197 e. The Morgan fingerprint density at radius 3 is 2.36 bits per heavy atom. The van der Waals surface area contributed by atoms with Gasteiger partial charge in [-0.1, -0.05) is 6.07 Å². The second-order valence-electron chi connectivity index (χ2n) is 9.18. The minimum atomic E-state index is -1.43. The molecule has 2 atom stereocenters. The number of halogens is 2. The number of hydrogen-bond donors (Lipinski definition) is 3. The Morgan fingerprint density at radius 1 is 1.03 bits per heavy atom. The number of nitrogens with zero attached hydrogens (tertiary/aromatic N) is 3. The summed E-state index contributed by atoms with van der Waals surface area (Å²) in [4.78, 5) is 4.42. The number of hydrogen-bond acceptors (Lipinski definition) is 6. The van der Waals surface area contributed by atoms with Crippen LogP contribution in [0.2, 0.25) is 0 Å². The molecule has 4 rings (SSSR count). The molecule has 0 unspecified atom stereocenters. The highest BCUT2D eigenvalue weighted by molar-refractivity contribution is 5.59. The predicted molar refractivity (Wildman–Crippen MR) is 122 cm³/mol. The van der Waals surface area contributed by atoms with Crippen LogP contribution in [-0.4, -0.2) is 75.9 Å². The number of benzene rings is 1. The normalized spacial score (nSPS) is 21.5. The van der Waals surface area contributed by atoms with Crippen LogP contribution in [0.15, 0.2) is 18.2 Å². The monoisotopic (exact) mass is 465 g/mol. The number of alkyl halides is 1. The van der Waals surface area contributed by atoms with Crippen LogP contribution in [0.4, 0.5) is 14.5 Å². The maximum absolute atomic E-state index is 14.3. The molecule has 0 bridgehead atoms. The molecule has 182 valence electrons. The molecule has 1 fully saturated rings. The summed E-state index contributed by atoms with van der Waals surface area (Å²) in [6.45, 7) is 7.99. The van der Waals surface area contributed by atoms with Gasteiger partial charge in [0.2, 0.25) is 0 Å². The van der Waals surface area contributed by atoms with Gasteiger partial charge in [-0.25, -0.2) is 8.78 Å². The van der Waals surface area contributed by atoms with Crippen molar-refractivity contribution in [2.75, 3.05) is 37.6 Å². The topological polar surface area (TPSA) is 81.3 Å². The highest BCUT2D eigenvalue weighted by Crippen LogP contribution is 2.39. The zero-order chi connectivity index (χ0) is 23.7. The van der Waals surface area contributed by atoms with Gasteiger partial charge in [0.15, 0.2) is 23.3 Å². The number of rotatable bonds is 7. The van der Waals surface area contributed by atoms with Crippen molar-refractivity contribution in [2.45, 2.75) is 58.0 Å². The van der Waals surface area contributed by atoms with Crippen LogP contribution < -0.4 is 9.64 Å². The third-order valence-electron chi connectivity index (χ3n) is 6.51. The fourth-order valence-electron chi connectivity index (χ4n) is 4.77. The molecule has 0 spiro atoms. The molecule has 7 nitrogen and oxygen atoms in total. The van der Waals surface area contributed by atoms with E-state index in [1.165, 1.54) is 10.6 Å². The van der Waals surface area contributed by atoms with E-state index in [1.807, 2.05) is 19.9 Å². The first-order chi connectivity index (χ1) is 15.8. The Morgan fingerprint density at radius 2 is 1.70 bits per heavy atom. The molecular weight excluding hydrogens is 432 g/mol. The first-order valence-corrected chi connectivity index (χ1v) is 11.6. The molecule has 0 amide bonds. The Hall–Kier alpha value is -2.52. The van der Waals surface area contributed by atoms with E-state index in [-0.39, 0.29) is 36.5 Å². The minimum absolute atomic E-state index is 0.00739. The van der Waals surface area contributed by atoms with Gasteiger partial charge in [-0.2, -0.15) is 0 Å². The summed E-state index contributed by atoms with van der Waals surface area (Å²) >= 11 is 0. The summed E-state index contributed by atoms with van der Waals surface area (Å²) in [5.74, 6) is -0.249. The molecular formula is C24H33F2N3O4. The third kappa shape index (κ3) is 4.89. The van der Waals surface area contributed by atoms with Crippen molar-refractivity contribution in [1.29, 1.82) is 0 Å². The van der Waals surface area contributed by atoms with Gasteiger partial charge in [-0.15, -0.1) is 0 Å². The Kier molecular flexibility index (Phi) is 6.99. The molecule has 1 aliphatic carbocycles. The average Bonchev–Trinajstić information content (AvgIpc) is 3.00. The van der Waals surface area contributed by atoms with Gasteiger partial charge < -0.3 is 25.0 Å². The smallest absolute Gasteiger partial charge is 0.197 e. The van der Waals surface area contributed by atoms with E-state index in [4.69, 9.17) is 4.74 Å². The van der Waals surface area contributed by atoms with Crippen LogP contribution in [0.3, 0.4) is 0 Å². The highest BCUT2D eigenvalue weighted by atomic mass is 19.1. The Balaban J connectivity index is 1.32. The summed E-state index contributed by atoms with van der Waals surface area (Å²) in [5.41, 5.74) is 1.61. The van der Waals surface area contributed by atoms with Crippen molar-refractivity contribution in [1.82, 2.24) is 9.47 Å². The Bertz CT molecular complexity index is 940. The number of para-hydroxylation sites is 1. The van der Waals surface area contributed by atoms with E-state index < -0.39 is 12.3 Å². The van der Waals surface area contributed by atoms with Crippen LogP contribution >= 0.6 is 0 Å². The number of aliphatic hydroxyl groups is 1. The highest BCUT2D eigenvalue weighted by Gasteiger charge is 2.34. The lowest BCUT2D eigenvalue weighted by atomic mass is 9.91. The van der Waals surface area contributed by atoms with Crippen LogP contribution in [0.25, 0.3) is 0 Å². The number of piperazine rings is 1. The van der Waals surface area contributed by atoms with Gasteiger partial charge in [0, 0.05) is 56.7 Å². The van der Waals surface area contributed by atoms with E-state index in [9.17, 15) is 24.1 Å². The summed E-state index contributed by atoms with van der Waals surface area (Å²) < 4.78 is 35.3. The van der Waals surface area contributed by atoms with Crippen LogP contribution in [0.5, 0.6) is 17.5 Å². The largest absolute Gasteiger partial charge is 0.494 e. The minimum Gasteiger partial charge on any atom is -0.494 e. The molecule has 2 aliphatic rings. The van der Waals surface area contributed by atoms with Crippen molar-refractivity contribution in [2.24, 2.45) is 0 Å². The lowest BCUT2D eigenvalue weighted by molar-refractivity contribution is 0.0700. The van der Waals surface area contributed by atoms with Gasteiger partial charge in [0.05, 0.1) is 17.9 Å². The fourth-order valence-corrected chi connectivity index (χ4v) is 4.77. The first kappa shape index (κ1) is 23.6. The zero-order valence-corrected chi connectivity index (χ0v) is 19.2. The lowest BCUT2D eigenvalue weighted by Crippen LogP contribution is -2.47. The van der Waals surface area contributed by atoms with Crippen molar-refractivity contribution in [3.05, 3.63) is 35.1 Å². The second-order valence-corrected chi connectivity index (χ2v) is 9.18. The van der Waals surface area contributed by atoms with Crippen molar-refractivity contribution in [3.8, 4) is 17.5 Å². The second kappa shape index (κ2) is 9.77. The van der Waals surface area contributed by atoms with E-state index in [0.717, 1.165) is 38.4 Å². The molecule has 0 radical (unpaired) electrons. The van der Waals surface area contributed by atoms with Crippen LogP contribution in [0.1, 0.15) is 31.4 Å². The van der Waals surface area contributed by atoms with Crippen molar-refractivity contribution in [3.63, 3.8) is 0 Å². The molecule has 1 aromatic heterocycles. The molecule has 2 heterocycles. The summed E-state index contributed by atoms with van der Waals surface area (Å²) in [5, 5.41) is 30.7. The SMILES string of the molecule is CC(C)Oc1c(F)cccc1N1CCN(CCCn2c(O)c3c(c2O)C[C@H](F)[C@@H](O)C3)CC1. The average molecular weight is 466 g/mol. The van der Waals surface area contributed by atoms with Crippen molar-refractivity contribution < 1.29 is 28.8 Å². The van der Waals surface area contributed by atoms with Gasteiger partial charge in [-0.05, 0) is 38.9 Å². The number of fused-ring (bicyclic) bond motifs is 1. The predicted octanol–water partition coefficient (Wildman–Crippen LogP) is 2.84. The molecule has 2 aromatic rings. The molecule has 1 aromatic carbocycles. The number of anilines is 1. The van der Waals surface area contributed by atoms with Gasteiger partial charge in [-0.3, -0.25) is 9.47 Å². The number of ether oxygens (including phenoxy) is 1. The van der Waals surface area contributed by atoms with Gasteiger partial charge >= 0.3 is 0 Å². The van der Waals surface area contributed by atoms with E-state index in [1.54, 1.807) is 6.07 Å². The summed E-state index contributed by atoms with van der Waals surface area (Å²) in [7, 11) is 0. The molecule has 0 saturated carbocycles. The van der Waals surface area contributed by atoms with Gasteiger partial charge in [0.1, 0.15) is 6.17 Å². The molecule has 1 saturated heterocycles. The standard InChI is InChI=1S/C24H33F2N3O4/c1-15(2)33-22-18(25)5-3-6-20(22)28-11-9-27(10-12-28)7-4-8-29-23(31)16-13-19(26)21(30)14-17(16)24(29)32/h3,5-6,15,19,21,30-32H,4,7-14H2,1-2H3/t19-,21-/m0/s1. The first-order valence-electron chi connectivity index (χ1n) is 11.6. The molecule has 3 N–H and O–H groups in total. The molecule has 33 heavy (non-hydrogen) atoms. The van der Waals surface area contributed by atoms with Crippen molar-refractivity contribution >= 4 is 5.69 Å². The zero-order valence-electron chi connectivity index (χ0n) is 19.2. The fraction of sp³-hybridized carbons (Fsp3) is 0.583. The van der Waals surface area contributed by atoms with Crippen LogP contribution in [-0.2, 0) is 19.4 Å². The molecule has 9 heteroatoms. The lowest BCUT2D eigenvalue weighted by Gasteiger charge is -2.37. The molecule has 1 aliphatic heterocycles. The van der Waals surface area contributed by atoms with E-state index >= 15 is 0 Å².